The van der Waals surface area contributed by atoms with Gasteiger partial charge in [-0.3, -0.25) is 0 Å². The first-order valence-electron chi connectivity index (χ1n) is 6.11. The molecular formula is C13H27NO2. The molecule has 0 radical (unpaired) electrons. The predicted octanol–water partition coefficient (Wildman–Crippen LogP) is 2.23. The molecule has 2 atom stereocenters. The quantitative estimate of drug-likeness (QED) is 0.435. The van der Waals surface area contributed by atoms with Gasteiger partial charge in [0.05, 0.1) is 19.8 Å². The largest absolute Gasteiger partial charge is 0.382 e. The molecule has 3 heteroatoms. The number of ether oxygens (including phenoxy) is 2. The first-order chi connectivity index (χ1) is 7.70. The molecule has 0 aliphatic heterocycles. The van der Waals surface area contributed by atoms with Gasteiger partial charge in [0, 0.05) is 19.7 Å². The van der Waals surface area contributed by atoms with Gasteiger partial charge in [0.2, 0.25) is 0 Å². The van der Waals surface area contributed by atoms with E-state index < -0.39 is 0 Å². The molecule has 0 bridgehead atoms. The van der Waals surface area contributed by atoms with Crippen molar-refractivity contribution in [2.24, 2.45) is 5.92 Å². The molecule has 0 aromatic carbocycles. The number of methoxy groups -OCH3 is 1. The third-order valence-electron chi connectivity index (χ3n) is 2.50. The Balaban J connectivity index is 3.29. The summed E-state index contributed by atoms with van der Waals surface area (Å²) < 4.78 is 10.3. The summed E-state index contributed by atoms with van der Waals surface area (Å²) in [6.45, 7) is 11.3. The minimum Gasteiger partial charge on any atom is -0.382 e. The monoisotopic (exact) mass is 229 g/mol. The van der Waals surface area contributed by atoms with Crippen molar-refractivity contribution in [3.8, 4) is 0 Å². The first kappa shape index (κ1) is 15.6. The van der Waals surface area contributed by atoms with Gasteiger partial charge in [0.1, 0.15) is 0 Å². The highest BCUT2D eigenvalue weighted by molar-refractivity contribution is 4.73. The van der Waals surface area contributed by atoms with E-state index in [1.54, 1.807) is 7.11 Å². The van der Waals surface area contributed by atoms with Crippen molar-refractivity contribution in [2.75, 3.05) is 33.5 Å². The molecule has 0 aromatic rings. The fourth-order valence-corrected chi connectivity index (χ4v) is 1.69. The lowest BCUT2D eigenvalue weighted by atomic mass is 9.99. The summed E-state index contributed by atoms with van der Waals surface area (Å²) in [6.07, 6.45) is 4.27. The zero-order valence-corrected chi connectivity index (χ0v) is 11.0. The van der Waals surface area contributed by atoms with Crippen LogP contribution in [0.15, 0.2) is 12.7 Å². The molecule has 0 aliphatic rings. The Kier molecular flexibility index (Phi) is 10.9. The number of allylic oxidation sites excluding steroid dienone is 1. The van der Waals surface area contributed by atoms with E-state index in [4.69, 9.17) is 9.47 Å². The Hall–Kier alpha value is -0.380. The third-order valence-corrected chi connectivity index (χ3v) is 2.50. The van der Waals surface area contributed by atoms with Gasteiger partial charge in [-0.1, -0.05) is 13.0 Å². The van der Waals surface area contributed by atoms with Gasteiger partial charge < -0.3 is 14.8 Å². The standard InChI is InChI=1S/C13H27NO2/c1-5-6-12(2)11-13(3)14-7-8-16-10-9-15-4/h5,12-14H,1,6-11H2,2-4H3. The lowest BCUT2D eigenvalue weighted by molar-refractivity contribution is 0.0710. The van der Waals surface area contributed by atoms with Crippen LogP contribution in [0.5, 0.6) is 0 Å². The third kappa shape index (κ3) is 10.1. The molecule has 0 amide bonds. The van der Waals surface area contributed by atoms with Crippen LogP contribution in [0.2, 0.25) is 0 Å². The van der Waals surface area contributed by atoms with Gasteiger partial charge in [0.25, 0.3) is 0 Å². The van der Waals surface area contributed by atoms with Crippen molar-refractivity contribution in [3.05, 3.63) is 12.7 Å². The Morgan fingerprint density at radius 1 is 1.25 bits per heavy atom. The second-order valence-corrected chi connectivity index (χ2v) is 4.33. The smallest absolute Gasteiger partial charge is 0.0700 e. The van der Waals surface area contributed by atoms with E-state index in [-0.39, 0.29) is 0 Å². The summed E-state index contributed by atoms with van der Waals surface area (Å²) in [5.41, 5.74) is 0. The van der Waals surface area contributed by atoms with Gasteiger partial charge in [0.15, 0.2) is 0 Å². The summed E-state index contributed by atoms with van der Waals surface area (Å²) in [5, 5.41) is 3.45. The van der Waals surface area contributed by atoms with E-state index in [1.807, 2.05) is 6.08 Å². The molecule has 16 heavy (non-hydrogen) atoms. The second kappa shape index (κ2) is 11.1. The summed E-state index contributed by atoms with van der Waals surface area (Å²) in [7, 11) is 1.69. The van der Waals surface area contributed by atoms with Gasteiger partial charge in [-0.05, 0) is 25.7 Å². The molecule has 0 saturated carbocycles. The maximum absolute atomic E-state index is 5.37. The van der Waals surface area contributed by atoms with Crippen molar-refractivity contribution < 1.29 is 9.47 Å². The fourth-order valence-electron chi connectivity index (χ4n) is 1.69. The van der Waals surface area contributed by atoms with Crippen LogP contribution in [0.1, 0.15) is 26.7 Å². The molecule has 2 unspecified atom stereocenters. The van der Waals surface area contributed by atoms with Gasteiger partial charge in [-0.2, -0.15) is 0 Å². The molecule has 0 fully saturated rings. The van der Waals surface area contributed by atoms with E-state index in [2.05, 4.69) is 25.7 Å². The average molecular weight is 229 g/mol. The topological polar surface area (TPSA) is 30.5 Å². The van der Waals surface area contributed by atoms with E-state index >= 15 is 0 Å². The van der Waals surface area contributed by atoms with Crippen molar-refractivity contribution >= 4 is 0 Å². The van der Waals surface area contributed by atoms with E-state index in [0.717, 1.165) is 19.6 Å². The van der Waals surface area contributed by atoms with Crippen LogP contribution >= 0.6 is 0 Å². The Bertz CT molecular complexity index is 162. The SMILES string of the molecule is C=CCC(C)CC(C)NCCOCCOC. The molecular weight excluding hydrogens is 202 g/mol. The van der Waals surface area contributed by atoms with Crippen LogP contribution in [0.25, 0.3) is 0 Å². The van der Waals surface area contributed by atoms with E-state index in [9.17, 15) is 0 Å². The molecule has 0 aromatic heterocycles. The van der Waals surface area contributed by atoms with Crippen LogP contribution in [0, 0.1) is 5.92 Å². The number of nitrogens with one attached hydrogen (secondary N) is 1. The molecule has 0 heterocycles. The van der Waals surface area contributed by atoms with Crippen LogP contribution in [0.4, 0.5) is 0 Å². The minimum atomic E-state index is 0.543. The summed E-state index contributed by atoms with van der Waals surface area (Å²) in [4.78, 5) is 0. The van der Waals surface area contributed by atoms with E-state index in [1.165, 1.54) is 6.42 Å². The van der Waals surface area contributed by atoms with Crippen LogP contribution in [0.3, 0.4) is 0 Å². The highest BCUT2D eigenvalue weighted by Gasteiger charge is 2.06. The molecule has 0 aliphatic carbocycles. The average Bonchev–Trinajstić information content (AvgIpc) is 2.23. The zero-order valence-electron chi connectivity index (χ0n) is 11.0. The maximum atomic E-state index is 5.37. The summed E-state index contributed by atoms with van der Waals surface area (Å²) >= 11 is 0. The van der Waals surface area contributed by atoms with Crippen LogP contribution in [-0.4, -0.2) is 39.5 Å². The highest BCUT2D eigenvalue weighted by atomic mass is 16.5. The maximum Gasteiger partial charge on any atom is 0.0700 e. The summed E-state index contributed by atoms with van der Waals surface area (Å²) in [5.74, 6) is 0.703. The van der Waals surface area contributed by atoms with Crippen LogP contribution in [-0.2, 0) is 9.47 Å². The Labute approximate surface area is 100 Å². The Morgan fingerprint density at radius 2 is 2.00 bits per heavy atom. The molecule has 0 spiro atoms. The van der Waals surface area contributed by atoms with Crippen molar-refractivity contribution in [1.29, 1.82) is 0 Å². The van der Waals surface area contributed by atoms with Gasteiger partial charge in [-0.15, -0.1) is 6.58 Å². The van der Waals surface area contributed by atoms with Crippen molar-refractivity contribution in [1.82, 2.24) is 5.32 Å². The number of hydrogen-bond donors (Lipinski definition) is 1. The normalized spacial score (nSPS) is 14.7. The fraction of sp³-hybridized carbons (Fsp3) is 0.846. The van der Waals surface area contributed by atoms with E-state index in [0.29, 0.717) is 25.2 Å². The lowest BCUT2D eigenvalue weighted by Crippen LogP contribution is -2.31. The molecule has 0 rings (SSSR count). The minimum absolute atomic E-state index is 0.543. The van der Waals surface area contributed by atoms with Crippen LogP contribution < -0.4 is 5.32 Å². The molecule has 3 nitrogen and oxygen atoms in total. The molecule has 0 saturated heterocycles. The second-order valence-electron chi connectivity index (χ2n) is 4.33. The van der Waals surface area contributed by atoms with Crippen molar-refractivity contribution in [3.63, 3.8) is 0 Å². The highest BCUT2D eigenvalue weighted by Crippen LogP contribution is 2.10. The molecule has 96 valence electrons. The van der Waals surface area contributed by atoms with Gasteiger partial charge >= 0.3 is 0 Å². The first-order valence-corrected chi connectivity index (χ1v) is 6.11. The number of hydrogen-bond acceptors (Lipinski definition) is 3. The van der Waals surface area contributed by atoms with Crippen molar-refractivity contribution in [2.45, 2.75) is 32.7 Å². The van der Waals surface area contributed by atoms with Gasteiger partial charge in [-0.25, -0.2) is 0 Å². The Morgan fingerprint density at radius 3 is 2.62 bits per heavy atom. The molecule has 1 N–H and O–H groups in total. The predicted molar refractivity (Wildman–Crippen MR) is 68.8 cm³/mol. The zero-order chi connectivity index (χ0) is 12.2. The lowest BCUT2D eigenvalue weighted by Gasteiger charge is -2.17. The number of rotatable bonds is 11. The summed E-state index contributed by atoms with van der Waals surface area (Å²) in [6, 6.07) is 0.543.